The number of hydrogen-bond donors (Lipinski definition) is 2. The fourth-order valence-corrected chi connectivity index (χ4v) is 0.509. The van der Waals surface area contributed by atoms with Gasteiger partial charge in [-0.1, -0.05) is 19.6 Å². The molecule has 5 nitrogen and oxygen atoms in total. The van der Waals surface area contributed by atoms with E-state index >= 15 is 0 Å². The highest BCUT2D eigenvalue weighted by Gasteiger charge is 2.11. The average molecular weight is 187 g/mol. The van der Waals surface area contributed by atoms with E-state index in [1.807, 2.05) is 0 Å². The van der Waals surface area contributed by atoms with Gasteiger partial charge in [-0.2, -0.15) is 0 Å². The molecule has 5 heteroatoms. The van der Waals surface area contributed by atoms with E-state index in [1.54, 1.807) is 0 Å². The van der Waals surface area contributed by atoms with Crippen LogP contribution in [0.4, 0.5) is 4.79 Å². The molecule has 13 heavy (non-hydrogen) atoms. The van der Waals surface area contributed by atoms with Crippen LogP contribution in [0.2, 0.25) is 0 Å². The Kier molecular flexibility index (Phi) is 5.34. The molecule has 1 atom stereocenters. The minimum atomic E-state index is -0.955. The third-order valence-electron chi connectivity index (χ3n) is 1.31. The number of amides is 1. The number of carboxylic acid groups (broad SMARTS) is 1. The minimum absolute atomic E-state index is 0.0608. The van der Waals surface area contributed by atoms with Gasteiger partial charge in [-0.3, -0.25) is 4.79 Å². The third-order valence-corrected chi connectivity index (χ3v) is 1.31. The molecule has 0 unspecified atom stereocenters. The number of hydrogen-bond acceptors (Lipinski definition) is 3. The molecule has 0 saturated heterocycles. The van der Waals surface area contributed by atoms with E-state index in [9.17, 15) is 9.59 Å². The first kappa shape index (κ1) is 11.5. The van der Waals surface area contributed by atoms with E-state index in [1.165, 1.54) is 13.0 Å². The van der Waals surface area contributed by atoms with Crippen molar-refractivity contribution in [2.24, 2.45) is 5.92 Å². The highest BCUT2D eigenvalue weighted by molar-refractivity contribution is 5.72. The summed E-state index contributed by atoms with van der Waals surface area (Å²) in [5.74, 6) is -1.57. The Bertz CT molecular complexity index is 202. The lowest BCUT2D eigenvalue weighted by molar-refractivity contribution is -0.140. The maximum Gasteiger partial charge on any atom is 0.407 e. The molecule has 0 aromatic rings. The summed E-state index contributed by atoms with van der Waals surface area (Å²) in [6, 6.07) is 0. The molecule has 0 aliphatic carbocycles. The van der Waals surface area contributed by atoms with E-state index in [4.69, 9.17) is 5.11 Å². The van der Waals surface area contributed by atoms with Crippen molar-refractivity contribution in [2.45, 2.75) is 6.92 Å². The first-order valence-electron chi connectivity index (χ1n) is 3.82. The molecule has 0 bridgehead atoms. The van der Waals surface area contributed by atoms with Gasteiger partial charge in [0.1, 0.15) is 6.61 Å². The average Bonchev–Trinajstić information content (AvgIpc) is 2.10. The highest BCUT2D eigenvalue weighted by atomic mass is 16.5. The van der Waals surface area contributed by atoms with Crippen LogP contribution in [-0.2, 0) is 9.53 Å². The lowest BCUT2D eigenvalue weighted by atomic mass is 10.2. The summed E-state index contributed by atoms with van der Waals surface area (Å²) in [5.41, 5.74) is 0. The summed E-state index contributed by atoms with van der Waals surface area (Å²) < 4.78 is 4.56. The largest absolute Gasteiger partial charge is 0.481 e. The van der Waals surface area contributed by atoms with Crippen molar-refractivity contribution in [3.8, 4) is 0 Å². The molecule has 0 fully saturated rings. The van der Waals surface area contributed by atoms with Gasteiger partial charge in [0.05, 0.1) is 5.92 Å². The van der Waals surface area contributed by atoms with Crippen molar-refractivity contribution in [3.05, 3.63) is 12.7 Å². The molecule has 0 aliphatic heterocycles. The zero-order chi connectivity index (χ0) is 10.3. The lowest BCUT2D eigenvalue weighted by Crippen LogP contribution is -2.31. The van der Waals surface area contributed by atoms with E-state index < -0.39 is 18.0 Å². The summed E-state index contributed by atoms with van der Waals surface area (Å²) in [6.45, 7) is 5.03. The second kappa shape index (κ2) is 6.05. The van der Waals surface area contributed by atoms with Crippen LogP contribution in [0.25, 0.3) is 0 Å². The lowest BCUT2D eigenvalue weighted by Gasteiger charge is -2.07. The molecule has 0 rings (SSSR count). The summed E-state index contributed by atoms with van der Waals surface area (Å²) >= 11 is 0. The first-order valence-corrected chi connectivity index (χ1v) is 3.82. The van der Waals surface area contributed by atoms with E-state index in [0.717, 1.165) is 0 Å². The van der Waals surface area contributed by atoms with E-state index in [0.29, 0.717) is 0 Å². The number of carbonyl (C=O) groups is 2. The third kappa shape index (κ3) is 5.72. The fourth-order valence-electron chi connectivity index (χ4n) is 0.509. The Morgan fingerprint density at radius 2 is 2.31 bits per heavy atom. The maximum atomic E-state index is 10.8. The van der Waals surface area contributed by atoms with Crippen molar-refractivity contribution in [3.63, 3.8) is 0 Å². The number of carboxylic acids is 1. The predicted molar refractivity (Wildman–Crippen MR) is 46.3 cm³/mol. The highest BCUT2D eigenvalue weighted by Crippen LogP contribution is 1.91. The van der Waals surface area contributed by atoms with Crippen molar-refractivity contribution in [2.75, 3.05) is 13.2 Å². The second-order valence-electron chi connectivity index (χ2n) is 2.51. The Morgan fingerprint density at radius 1 is 1.69 bits per heavy atom. The quantitative estimate of drug-likeness (QED) is 0.618. The van der Waals surface area contributed by atoms with E-state index in [-0.39, 0.29) is 13.2 Å². The summed E-state index contributed by atoms with van der Waals surface area (Å²) in [4.78, 5) is 21.1. The van der Waals surface area contributed by atoms with Gasteiger partial charge in [0, 0.05) is 6.54 Å². The Labute approximate surface area is 76.4 Å². The summed E-state index contributed by atoms with van der Waals surface area (Å²) in [6.07, 6.45) is 0.799. The van der Waals surface area contributed by atoms with Crippen LogP contribution in [0, 0.1) is 5.92 Å². The van der Waals surface area contributed by atoms with Gasteiger partial charge in [0.15, 0.2) is 0 Å². The molecule has 0 heterocycles. The van der Waals surface area contributed by atoms with Crippen LogP contribution in [-0.4, -0.2) is 30.3 Å². The van der Waals surface area contributed by atoms with Crippen LogP contribution >= 0.6 is 0 Å². The van der Waals surface area contributed by atoms with Crippen LogP contribution in [0.15, 0.2) is 12.7 Å². The standard InChI is InChI=1S/C8H13NO4/c1-3-4-13-8(12)9-5-6(2)7(10)11/h3,6H,1,4-5H2,2H3,(H,9,12)(H,10,11)/t6-/m0/s1. The molecular weight excluding hydrogens is 174 g/mol. The van der Waals surface area contributed by atoms with Crippen molar-refractivity contribution < 1.29 is 19.4 Å². The second-order valence-corrected chi connectivity index (χ2v) is 2.51. The molecule has 0 saturated carbocycles. The molecule has 0 aromatic heterocycles. The molecule has 0 aliphatic rings. The van der Waals surface area contributed by atoms with Crippen molar-refractivity contribution >= 4 is 12.1 Å². The molecule has 0 radical (unpaired) electrons. The van der Waals surface area contributed by atoms with Crippen molar-refractivity contribution in [1.29, 1.82) is 0 Å². The predicted octanol–water partition coefficient (Wildman–Crippen LogP) is 0.619. The van der Waals surface area contributed by atoms with Gasteiger partial charge in [-0.25, -0.2) is 4.79 Å². The van der Waals surface area contributed by atoms with Gasteiger partial charge >= 0.3 is 12.1 Å². The zero-order valence-electron chi connectivity index (χ0n) is 7.45. The monoisotopic (exact) mass is 187 g/mol. The first-order chi connectivity index (χ1) is 6.07. The maximum absolute atomic E-state index is 10.8. The number of alkyl carbamates (subject to hydrolysis) is 1. The fraction of sp³-hybridized carbons (Fsp3) is 0.500. The molecular formula is C8H13NO4. The molecule has 0 spiro atoms. The minimum Gasteiger partial charge on any atom is -0.481 e. The van der Waals surface area contributed by atoms with Crippen LogP contribution in [0.3, 0.4) is 0 Å². The molecule has 1 amide bonds. The summed E-state index contributed by atoms with van der Waals surface area (Å²) in [5, 5.41) is 10.8. The van der Waals surface area contributed by atoms with Crippen molar-refractivity contribution in [1.82, 2.24) is 5.32 Å². The normalized spacial score (nSPS) is 11.5. The van der Waals surface area contributed by atoms with Gasteiger partial charge in [-0.15, -0.1) is 0 Å². The van der Waals surface area contributed by atoms with Crippen LogP contribution in [0.5, 0.6) is 0 Å². The topological polar surface area (TPSA) is 75.6 Å². The molecule has 74 valence electrons. The number of nitrogens with one attached hydrogen (secondary N) is 1. The SMILES string of the molecule is C=CCOC(=O)NC[C@H](C)C(=O)O. The Morgan fingerprint density at radius 3 is 2.77 bits per heavy atom. The Balaban J connectivity index is 3.57. The zero-order valence-corrected chi connectivity index (χ0v) is 7.45. The molecule has 0 aromatic carbocycles. The smallest absolute Gasteiger partial charge is 0.407 e. The summed E-state index contributed by atoms with van der Waals surface area (Å²) in [7, 11) is 0. The number of ether oxygens (including phenoxy) is 1. The van der Waals surface area contributed by atoms with Crippen LogP contribution in [0.1, 0.15) is 6.92 Å². The number of rotatable bonds is 5. The van der Waals surface area contributed by atoms with Gasteiger partial charge in [0.25, 0.3) is 0 Å². The Hall–Kier alpha value is -1.52. The molecule has 2 N–H and O–H groups in total. The van der Waals surface area contributed by atoms with Gasteiger partial charge in [-0.05, 0) is 0 Å². The number of aliphatic carboxylic acids is 1. The van der Waals surface area contributed by atoms with Gasteiger partial charge in [0.2, 0.25) is 0 Å². The van der Waals surface area contributed by atoms with E-state index in [2.05, 4.69) is 16.6 Å². The van der Waals surface area contributed by atoms with Crippen LogP contribution < -0.4 is 5.32 Å². The number of carbonyl (C=O) groups excluding carboxylic acids is 1. The van der Waals surface area contributed by atoms with Gasteiger partial charge < -0.3 is 15.2 Å².